The molecule has 0 unspecified atom stereocenters. The first-order valence-electron chi connectivity index (χ1n) is 6.67. The van der Waals surface area contributed by atoms with Gasteiger partial charge in [-0.05, 0) is 36.2 Å². The van der Waals surface area contributed by atoms with Crippen molar-refractivity contribution >= 4 is 17.3 Å². The normalized spacial score (nSPS) is 10.6. The van der Waals surface area contributed by atoms with Crippen molar-refractivity contribution in [2.24, 2.45) is 0 Å². The lowest BCUT2D eigenvalue weighted by molar-refractivity contribution is 0.877. The maximum atomic E-state index is 6.11. The van der Waals surface area contributed by atoms with Crippen molar-refractivity contribution in [3.8, 4) is 5.69 Å². The number of aromatic nitrogens is 3. The standard InChI is InChI=1S/C16H15ClN4/c1-12-4-2-3-5-13(12)9-19-15-8-14(17)6-7-16(15)21-11-18-10-20-21/h2-8,10-11,19H,9H2,1H3. The molecule has 1 N–H and O–H groups in total. The molecule has 0 bridgehead atoms. The third-order valence-electron chi connectivity index (χ3n) is 3.35. The van der Waals surface area contributed by atoms with Gasteiger partial charge in [-0.25, -0.2) is 9.67 Å². The molecule has 4 nitrogen and oxygen atoms in total. The lowest BCUT2D eigenvalue weighted by Crippen LogP contribution is -2.06. The van der Waals surface area contributed by atoms with Gasteiger partial charge in [-0.3, -0.25) is 0 Å². The highest BCUT2D eigenvalue weighted by Crippen LogP contribution is 2.24. The van der Waals surface area contributed by atoms with E-state index in [0.717, 1.165) is 17.9 Å². The third-order valence-corrected chi connectivity index (χ3v) is 3.59. The number of aryl methyl sites for hydroxylation is 1. The third kappa shape index (κ3) is 3.06. The second-order valence-electron chi connectivity index (χ2n) is 4.78. The molecule has 0 aliphatic heterocycles. The fraction of sp³-hybridized carbons (Fsp3) is 0.125. The maximum Gasteiger partial charge on any atom is 0.138 e. The molecule has 21 heavy (non-hydrogen) atoms. The first-order chi connectivity index (χ1) is 10.2. The molecule has 0 saturated heterocycles. The van der Waals surface area contributed by atoms with Crippen LogP contribution in [-0.2, 0) is 6.54 Å². The van der Waals surface area contributed by atoms with Gasteiger partial charge in [-0.15, -0.1) is 0 Å². The Kier molecular flexibility index (Phi) is 3.88. The van der Waals surface area contributed by atoms with Crippen LogP contribution in [0.4, 0.5) is 5.69 Å². The van der Waals surface area contributed by atoms with Gasteiger partial charge >= 0.3 is 0 Å². The quantitative estimate of drug-likeness (QED) is 0.796. The van der Waals surface area contributed by atoms with Crippen molar-refractivity contribution in [1.82, 2.24) is 14.8 Å². The number of benzene rings is 2. The molecular formula is C16H15ClN4. The number of hydrogen-bond donors (Lipinski definition) is 1. The number of nitrogens with zero attached hydrogens (tertiary/aromatic N) is 3. The molecule has 1 aromatic heterocycles. The zero-order chi connectivity index (χ0) is 14.7. The van der Waals surface area contributed by atoms with Gasteiger partial charge in [-0.1, -0.05) is 35.9 Å². The SMILES string of the molecule is Cc1ccccc1CNc1cc(Cl)ccc1-n1cncn1. The fourth-order valence-electron chi connectivity index (χ4n) is 2.18. The molecule has 0 radical (unpaired) electrons. The van der Waals surface area contributed by atoms with Crippen molar-refractivity contribution < 1.29 is 0 Å². The van der Waals surface area contributed by atoms with Crippen LogP contribution in [0.5, 0.6) is 0 Å². The summed E-state index contributed by atoms with van der Waals surface area (Å²) in [6, 6.07) is 14.0. The van der Waals surface area contributed by atoms with Gasteiger partial charge in [0.2, 0.25) is 0 Å². The van der Waals surface area contributed by atoms with Crippen LogP contribution in [0.2, 0.25) is 5.02 Å². The summed E-state index contributed by atoms with van der Waals surface area (Å²) >= 11 is 6.11. The van der Waals surface area contributed by atoms with Crippen LogP contribution in [0.15, 0.2) is 55.1 Å². The molecule has 0 saturated carbocycles. The summed E-state index contributed by atoms with van der Waals surface area (Å²) in [6.07, 6.45) is 3.18. The lowest BCUT2D eigenvalue weighted by atomic mass is 10.1. The van der Waals surface area contributed by atoms with E-state index in [0.29, 0.717) is 5.02 Å². The maximum absolute atomic E-state index is 6.11. The molecule has 3 rings (SSSR count). The average molecular weight is 299 g/mol. The summed E-state index contributed by atoms with van der Waals surface area (Å²) in [7, 11) is 0. The number of anilines is 1. The van der Waals surface area contributed by atoms with E-state index in [9.17, 15) is 0 Å². The second-order valence-corrected chi connectivity index (χ2v) is 5.22. The Hall–Kier alpha value is -2.33. The van der Waals surface area contributed by atoms with E-state index < -0.39 is 0 Å². The number of halogens is 1. The van der Waals surface area contributed by atoms with Gasteiger partial charge in [0.25, 0.3) is 0 Å². The van der Waals surface area contributed by atoms with E-state index in [1.165, 1.54) is 17.5 Å². The zero-order valence-electron chi connectivity index (χ0n) is 11.6. The Morgan fingerprint density at radius 3 is 2.81 bits per heavy atom. The smallest absolute Gasteiger partial charge is 0.138 e. The van der Waals surface area contributed by atoms with Gasteiger partial charge in [0, 0.05) is 11.6 Å². The van der Waals surface area contributed by atoms with Gasteiger partial charge in [0.1, 0.15) is 12.7 Å². The molecule has 0 atom stereocenters. The van der Waals surface area contributed by atoms with Crippen LogP contribution in [0.25, 0.3) is 5.69 Å². The Bertz CT molecular complexity index is 738. The first-order valence-corrected chi connectivity index (χ1v) is 7.05. The molecule has 0 aliphatic rings. The summed E-state index contributed by atoms with van der Waals surface area (Å²) in [4.78, 5) is 3.99. The summed E-state index contributed by atoms with van der Waals surface area (Å²) in [5.41, 5.74) is 4.36. The Balaban J connectivity index is 1.88. The molecule has 0 aliphatic carbocycles. The highest BCUT2D eigenvalue weighted by Gasteiger charge is 2.07. The van der Waals surface area contributed by atoms with E-state index in [-0.39, 0.29) is 0 Å². The number of rotatable bonds is 4. The fourth-order valence-corrected chi connectivity index (χ4v) is 2.35. The van der Waals surface area contributed by atoms with Gasteiger partial charge in [0.15, 0.2) is 0 Å². The molecule has 106 valence electrons. The second kappa shape index (κ2) is 5.97. The van der Waals surface area contributed by atoms with Crippen molar-refractivity contribution in [2.45, 2.75) is 13.5 Å². The predicted octanol–water partition coefficient (Wildman–Crippen LogP) is 3.84. The molecule has 3 aromatic rings. The summed E-state index contributed by atoms with van der Waals surface area (Å²) in [5.74, 6) is 0. The lowest BCUT2D eigenvalue weighted by Gasteiger charge is -2.13. The molecule has 0 spiro atoms. The van der Waals surface area contributed by atoms with Crippen LogP contribution in [0.3, 0.4) is 0 Å². The van der Waals surface area contributed by atoms with Crippen LogP contribution >= 0.6 is 11.6 Å². The molecule has 0 fully saturated rings. The highest BCUT2D eigenvalue weighted by atomic mass is 35.5. The molecule has 5 heteroatoms. The highest BCUT2D eigenvalue weighted by molar-refractivity contribution is 6.31. The van der Waals surface area contributed by atoms with E-state index in [1.807, 2.05) is 30.3 Å². The van der Waals surface area contributed by atoms with Crippen LogP contribution in [0.1, 0.15) is 11.1 Å². The van der Waals surface area contributed by atoms with E-state index in [2.05, 4.69) is 34.5 Å². The van der Waals surface area contributed by atoms with Crippen molar-refractivity contribution in [3.63, 3.8) is 0 Å². The van der Waals surface area contributed by atoms with Gasteiger partial charge in [0.05, 0.1) is 11.4 Å². The minimum Gasteiger partial charge on any atom is -0.379 e. The monoisotopic (exact) mass is 298 g/mol. The van der Waals surface area contributed by atoms with E-state index in [4.69, 9.17) is 11.6 Å². The Labute approximate surface area is 128 Å². The molecule has 0 amide bonds. The Morgan fingerprint density at radius 1 is 1.19 bits per heavy atom. The minimum absolute atomic E-state index is 0.686. The van der Waals surface area contributed by atoms with E-state index >= 15 is 0 Å². The zero-order valence-corrected chi connectivity index (χ0v) is 12.4. The van der Waals surface area contributed by atoms with E-state index in [1.54, 1.807) is 11.0 Å². The van der Waals surface area contributed by atoms with Crippen LogP contribution in [-0.4, -0.2) is 14.8 Å². The summed E-state index contributed by atoms with van der Waals surface area (Å²) in [5, 5.41) is 8.28. The molecule has 2 aromatic carbocycles. The van der Waals surface area contributed by atoms with Gasteiger partial charge < -0.3 is 5.32 Å². The minimum atomic E-state index is 0.686. The first kappa shape index (κ1) is 13.6. The largest absolute Gasteiger partial charge is 0.379 e. The van der Waals surface area contributed by atoms with Crippen molar-refractivity contribution in [1.29, 1.82) is 0 Å². The van der Waals surface area contributed by atoms with Crippen molar-refractivity contribution in [2.75, 3.05) is 5.32 Å². The topological polar surface area (TPSA) is 42.7 Å². The Morgan fingerprint density at radius 2 is 2.05 bits per heavy atom. The number of nitrogens with one attached hydrogen (secondary N) is 1. The molecule has 1 heterocycles. The van der Waals surface area contributed by atoms with Crippen molar-refractivity contribution in [3.05, 3.63) is 71.3 Å². The summed E-state index contributed by atoms with van der Waals surface area (Å²) < 4.78 is 1.72. The van der Waals surface area contributed by atoms with Crippen LogP contribution < -0.4 is 5.32 Å². The predicted molar refractivity (Wildman–Crippen MR) is 84.9 cm³/mol. The number of hydrogen-bond acceptors (Lipinski definition) is 3. The van der Waals surface area contributed by atoms with Crippen LogP contribution in [0, 0.1) is 6.92 Å². The van der Waals surface area contributed by atoms with Gasteiger partial charge in [-0.2, -0.15) is 5.10 Å². The molecular weight excluding hydrogens is 284 g/mol. The summed E-state index contributed by atoms with van der Waals surface area (Å²) in [6.45, 7) is 2.84. The average Bonchev–Trinajstić information content (AvgIpc) is 3.00.